The summed E-state index contributed by atoms with van der Waals surface area (Å²) in [5.74, 6) is 0.496. The van der Waals surface area contributed by atoms with Crippen molar-refractivity contribution in [1.82, 2.24) is 14.5 Å². The Kier molecular flexibility index (Phi) is 6.33. The summed E-state index contributed by atoms with van der Waals surface area (Å²) in [6.45, 7) is 5.92. The Morgan fingerprint density at radius 1 is 1.03 bits per heavy atom. The number of urea groups is 1. The first kappa shape index (κ1) is 22.7. The van der Waals surface area contributed by atoms with E-state index in [-0.39, 0.29) is 11.6 Å². The predicted molar refractivity (Wildman–Crippen MR) is 136 cm³/mol. The molecule has 7 heteroatoms. The molecule has 4 rings (SSSR count). The van der Waals surface area contributed by atoms with E-state index in [0.29, 0.717) is 22.4 Å². The van der Waals surface area contributed by atoms with E-state index in [1.807, 2.05) is 81.4 Å². The molecule has 1 atom stereocenters. The van der Waals surface area contributed by atoms with E-state index in [1.54, 1.807) is 22.6 Å². The summed E-state index contributed by atoms with van der Waals surface area (Å²) in [6, 6.07) is 19.8. The van der Waals surface area contributed by atoms with Crippen molar-refractivity contribution < 1.29 is 4.79 Å². The number of aromatic nitrogens is 2. The Morgan fingerprint density at radius 2 is 1.73 bits per heavy atom. The largest absolute Gasteiger partial charge is 0.322 e. The summed E-state index contributed by atoms with van der Waals surface area (Å²) in [6.07, 6.45) is 0. The average molecular weight is 505 g/mol. The third kappa shape index (κ3) is 4.54. The lowest BCUT2D eigenvalue weighted by molar-refractivity contribution is 0.205. The number of hydrogen-bond acceptors (Lipinski definition) is 3. The van der Waals surface area contributed by atoms with Crippen LogP contribution in [-0.4, -0.2) is 27.5 Å². The number of carbonyl (C=O) groups excluding carboxylic acids is 1. The van der Waals surface area contributed by atoms with Crippen molar-refractivity contribution in [3.05, 3.63) is 98.5 Å². The molecule has 2 amide bonds. The summed E-state index contributed by atoms with van der Waals surface area (Å²) >= 11 is 3.40. The van der Waals surface area contributed by atoms with Crippen molar-refractivity contribution in [1.29, 1.82) is 0 Å². The second-order valence-electron chi connectivity index (χ2n) is 8.12. The van der Waals surface area contributed by atoms with E-state index < -0.39 is 6.04 Å². The van der Waals surface area contributed by atoms with Gasteiger partial charge < -0.3 is 10.2 Å². The zero-order valence-corrected chi connectivity index (χ0v) is 20.6. The Morgan fingerprint density at radius 3 is 2.42 bits per heavy atom. The Bertz CT molecular complexity index is 1400. The number of para-hydroxylation sites is 1. The van der Waals surface area contributed by atoms with Crippen LogP contribution in [0, 0.1) is 13.8 Å². The Labute approximate surface area is 201 Å². The van der Waals surface area contributed by atoms with Crippen LogP contribution in [0.2, 0.25) is 0 Å². The maximum absolute atomic E-state index is 13.6. The molecule has 0 bridgehead atoms. The van der Waals surface area contributed by atoms with Gasteiger partial charge in [0.25, 0.3) is 5.56 Å². The highest BCUT2D eigenvalue weighted by molar-refractivity contribution is 9.10. The van der Waals surface area contributed by atoms with Crippen LogP contribution in [0.5, 0.6) is 0 Å². The van der Waals surface area contributed by atoms with E-state index in [1.165, 1.54) is 0 Å². The molecule has 4 aromatic rings. The lowest BCUT2D eigenvalue weighted by atomic mass is 10.1. The number of carbonyl (C=O) groups is 1. The standard InChI is InChI=1S/C26H25BrN4O2/c1-16-9-14-21(15-17(16)2)31-24(29-23-8-6-5-7-22(23)25(31)32)18(3)30(4)26(33)28-20-12-10-19(27)11-13-20/h5-15,18H,1-4H3,(H,28,33). The zero-order chi connectivity index (χ0) is 23.7. The summed E-state index contributed by atoms with van der Waals surface area (Å²) in [7, 11) is 1.70. The normalized spacial score (nSPS) is 11.9. The zero-order valence-electron chi connectivity index (χ0n) is 19.0. The van der Waals surface area contributed by atoms with Gasteiger partial charge >= 0.3 is 6.03 Å². The molecular weight excluding hydrogens is 480 g/mol. The fourth-order valence-electron chi connectivity index (χ4n) is 3.64. The van der Waals surface area contributed by atoms with Crippen molar-refractivity contribution in [2.24, 2.45) is 0 Å². The molecule has 0 radical (unpaired) electrons. The average Bonchev–Trinajstić information content (AvgIpc) is 2.81. The number of aryl methyl sites for hydroxylation is 2. The highest BCUT2D eigenvalue weighted by atomic mass is 79.9. The first-order chi connectivity index (χ1) is 15.8. The van der Waals surface area contributed by atoms with Gasteiger partial charge in [-0.15, -0.1) is 0 Å². The van der Waals surface area contributed by atoms with Crippen LogP contribution < -0.4 is 10.9 Å². The molecule has 0 fully saturated rings. The van der Waals surface area contributed by atoms with Gasteiger partial charge in [-0.1, -0.05) is 34.1 Å². The van der Waals surface area contributed by atoms with Crippen LogP contribution in [0.3, 0.4) is 0 Å². The van der Waals surface area contributed by atoms with Crippen LogP contribution in [0.25, 0.3) is 16.6 Å². The summed E-state index contributed by atoms with van der Waals surface area (Å²) in [5.41, 5.74) is 4.07. The van der Waals surface area contributed by atoms with Crippen molar-refractivity contribution >= 4 is 38.6 Å². The molecular formula is C26H25BrN4O2. The number of hydrogen-bond donors (Lipinski definition) is 1. The summed E-state index contributed by atoms with van der Waals surface area (Å²) in [4.78, 5) is 32.9. The quantitative estimate of drug-likeness (QED) is 0.371. The van der Waals surface area contributed by atoms with Crippen molar-refractivity contribution in [3.63, 3.8) is 0 Å². The van der Waals surface area contributed by atoms with Gasteiger partial charge in [0.15, 0.2) is 0 Å². The smallest absolute Gasteiger partial charge is 0.318 e. The fraction of sp³-hybridized carbons (Fsp3) is 0.192. The van der Waals surface area contributed by atoms with Crippen molar-refractivity contribution in [2.45, 2.75) is 26.8 Å². The van der Waals surface area contributed by atoms with E-state index in [2.05, 4.69) is 21.2 Å². The maximum atomic E-state index is 13.6. The number of fused-ring (bicyclic) bond motifs is 1. The molecule has 0 saturated carbocycles. The predicted octanol–water partition coefficient (Wildman–Crippen LogP) is 5.99. The second-order valence-corrected chi connectivity index (χ2v) is 9.04. The monoisotopic (exact) mass is 504 g/mol. The van der Waals surface area contributed by atoms with Gasteiger partial charge in [0.2, 0.25) is 0 Å². The molecule has 0 saturated heterocycles. The number of halogens is 1. The first-order valence-corrected chi connectivity index (χ1v) is 11.4. The number of nitrogens with one attached hydrogen (secondary N) is 1. The van der Waals surface area contributed by atoms with Crippen LogP contribution in [-0.2, 0) is 0 Å². The summed E-state index contributed by atoms with van der Waals surface area (Å²) < 4.78 is 2.54. The van der Waals surface area contributed by atoms with Crippen molar-refractivity contribution in [3.8, 4) is 5.69 Å². The highest BCUT2D eigenvalue weighted by Crippen LogP contribution is 2.24. The topological polar surface area (TPSA) is 67.2 Å². The van der Waals surface area contributed by atoms with Gasteiger partial charge in [0.05, 0.1) is 22.6 Å². The van der Waals surface area contributed by atoms with Gasteiger partial charge in [-0.2, -0.15) is 0 Å². The van der Waals surface area contributed by atoms with Gasteiger partial charge in [-0.05, 0) is 80.4 Å². The third-order valence-corrected chi connectivity index (χ3v) is 6.45. The van der Waals surface area contributed by atoms with Crippen molar-refractivity contribution in [2.75, 3.05) is 12.4 Å². The fourth-order valence-corrected chi connectivity index (χ4v) is 3.90. The molecule has 0 spiro atoms. The van der Waals surface area contributed by atoms with E-state index in [4.69, 9.17) is 4.98 Å². The third-order valence-electron chi connectivity index (χ3n) is 5.92. The number of anilines is 1. The molecule has 6 nitrogen and oxygen atoms in total. The second kappa shape index (κ2) is 9.19. The minimum absolute atomic E-state index is 0.160. The molecule has 1 unspecified atom stereocenters. The minimum Gasteiger partial charge on any atom is -0.318 e. The van der Waals surface area contributed by atoms with E-state index >= 15 is 0 Å². The SMILES string of the molecule is Cc1ccc(-n2c(C(C)N(C)C(=O)Nc3ccc(Br)cc3)nc3ccccc3c2=O)cc1C. The molecule has 168 valence electrons. The number of amides is 2. The molecule has 1 heterocycles. The number of rotatable bonds is 4. The van der Waals surface area contributed by atoms with Crippen LogP contribution in [0.4, 0.5) is 10.5 Å². The lowest BCUT2D eigenvalue weighted by Gasteiger charge is -2.27. The van der Waals surface area contributed by atoms with Crippen LogP contribution in [0.15, 0.2) is 76.0 Å². The number of benzene rings is 3. The molecule has 3 aromatic carbocycles. The van der Waals surface area contributed by atoms with Crippen LogP contribution in [0.1, 0.15) is 29.9 Å². The Hall–Kier alpha value is -3.45. The molecule has 33 heavy (non-hydrogen) atoms. The Balaban J connectivity index is 1.79. The van der Waals surface area contributed by atoms with Gasteiger partial charge in [0.1, 0.15) is 5.82 Å². The lowest BCUT2D eigenvalue weighted by Crippen LogP contribution is -2.37. The van der Waals surface area contributed by atoms with E-state index in [9.17, 15) is 9.59 Å². The van der Waals surface area contributed by atoms with Gasteiger partial charge in [0, 0.05) is 17.2 Å². The molecule has 0 aliphatic heterocycles. The van der Waals surface area contributed by atoms with Gasteiger partial charge in [-0.25, -0.2) is 9.78 Å². The molecule has 1 aromatic heterocycles. The molecule has 0 aliphatic rings. The minimum atomic E-state index is -0.473. The summed E-state index contributed by atoms with van der Waals surface area (Å²) in [5, 5.41) is 3.43. The highest BCUT2D eigenvalue weighted by Gasteiger charge is 2.24. The number of nitrogens with zero attached hydrogens (tertiary/aromatic N) is 3. The molecule has 1 N–H and O–H groups in total. The maximum Gasteiger partial charge on any atom is 0.322 e. The molecule has 0 aliphatic carbocycles. The van der Waals surface area contributed by atoms with Gasteiger partial charge in [-0.3, -0.25) is 9.36 Å². The van der Waals surface area contributed by atoms with E-state index in [0.717, 1.165) is 21.3 Å². The van der Waals surface area contributed by atoms with Crippen LogP contribution >= 0.6 is 15.9 Å². The first-order valence-electron chi connectivity index (χ1n) is 10.6.